The maximum Gasteiger partial charge on any atom is 0.130 e. The predicted octanol–water partition coefficient (Wildman–Crippen LogP) is 3.69. The van der Waals surface area contributed by atoms with Gasteiger partial charge in [0.2, 0.25) is 0 Å². The Balaban J connectivity index is 2.25. The van der Waals surface area contributed by atoms with Crippen molar-refractivity contribution < 1.29 is 9.13 Å². The topological polar surface area (TPSA) is 35.2 Å². The molecule has 18 heavy (non-hydrogen) atoms. The van der Waals surface area contributed by atoms with Gasteiger partial charge in [0.05, 0.1) is 0 Å². The molecule has 0 aliphatic carbocycles. The van der Waals surface area contributed by atoms with Gasteiger partial charge in [0.15, 0.2) is 0 Å². The summed E-state index contributed by atoms with van der Waals surface area (Å²) in [5.41, 5.74) is 8.23. The lowest BCUT2D eigenvalue weighted by Crippen LogP contribution is -1.97. The van der Waals surface area contributed by atoms with E-state index in [0.29, 0.717) is 17.9 Å². The van der Waals surface area contributed by atoms with Crippen molar-refractivity contribution >= 4 is 0 Å². The van der Waals surface area contributed by atoms with E-state index < -0.39 is 0 Å². The summed E-state index contributed by atoms with van der Waals surface area (Å²) in [5, 5.41) is 0. The van der Waals surface area contributed by atoms with Crippen molar-refractivity contribution in [2.75, 3.05) is 0 Å². The summed E-state index contributed by atoms with van der Waals surface area (Å²) in [7, 11) is 0. The van der Waals surface area contributed by atoms with Crippen LogP contribution in [0.3, 0.4) is 0 Å². The van der Waals surface area contributed by atoms with Gasteiger partial charge in [-0.15, -0.1) is 0 Å². The molecule has 0 heterocycles. The van der Waals surface area contributed by atoms with E-state index in [4.69, 9.17) is 10.5 Å². The van der Waals surface area contributed by atoms with Gasteiger partial charge in [0.1, 0.15) is 17.3 Å². The Labute approximate surface area is 106 Å². The highest BCUT2D eigenvalue weighted by molar-refractivity contribution is 5.40. The number of rotatable bonds is 3. The molecule has 0 aliphatic heterocycles. The molecule has 0 saturated heterocycles. The van der Waals surface area contributed by atoms with Gasteiger partial charge in [-0.3, -0.25) is 0 Å². The molecule has 0 atom stereocenters. The van der Waals surface area contributed by atoms with E-state index in [0.717, 1.165) is 16.9 Å². The Hall–Kier alpha value is -1.87. The van der Waals surface area contributed by atoms with Gasteiger partial charge in [-0.05, 0) is 54.8 Å². The number of nitrogens with two attached hydrogens (primary N) is 1. The molecule has 2 nitrogen and oxygen atoms in total. The summed E-state index contributed by atoms with van der Waals surface area (Å²) in [6.45, 7) is 4.19. The summed E-state index contributed by atoms with van der Waals surface area (Å²) in [6.07, 6.45) is 0. The molecule has 0 amide bonds. The first-order valence-corrected chi connectivity index (χ1v) is 5.84. The Morgan fingerprint density at radius 1 is 1.06 bits per heavy atom. The molecule has 0 unspecified atom stereocenters. The number of hydrogen-bond donors (Lipinski definition) is 1. The van der Waals surface area contributed by atoms with E-state index in [1.54, 1.807) is 19.1 Å². The quantitative estimate of drug-likeness (QED) is 0.895. The average Bonchev–Trinajstić information content (AvgIpc) is 2.36. The van der Waals surface area contributed by atoms with Gasteiger partial charge in [0.25, 0.3) is 0 Å². The molecular weight excluding hydrogens is 229 g/mol. The second kappa shape index (κ2) is 5.19. The van der Waals surface area contributed by atoms with Crippen LogP contribution in [0.1, 0.15) is 16.7 Å². The molecule has 3 heteroatoms. The van der Waals surface area contributed by atoms with Crippen LogP contribution in [0.15, 0.2) is 36.4 Å². The summed E-state index contributed by atoms with van der Waals surface area (Å²) in [5.74, 6) is 1.17. The van der Waals surface area contributed by atoms with Gasteiger partial charge in [-0.2, -0.15) is 0 Å². The molecule has 0 radical (unpaired) electrons. The molecule has 0 fully saturated rings. The first-order chi connectivity index (χ1) is 8.60. The Morgan fingerprint density at radius 3 is 2.44 bits per heavy atom. The predicted molar refractivity (Wildman–Crippen MR) is 70.3 cm³/mol. The number of halogens is 1. The first-order valence-electron chi connectivity index (χ1n) is 5.84. The second-order valence-corrected chi connectivity index (χ2v) is 4.32. The Bertz CT molecular complexity index is 566. The maximum atomic E-state index is 13.1. The highest BCUT2D eigenvalue weighted by Crippen LogP contribution is 2.26. The number of aryl methyl sites for hydroxylation is 2. The van der Waals surface area contributed by atoms with E-state index in [2.05, 4.69) is 0 Å². The van der Waals surface area contributed by atoms with Gasteiger partial charge in [0, 0.05) is 6.54 Å². The Kier molecular flexibility index (Phi) is 3.63. The largest absolute Gasteiger partial charge is 0.457 e. The highest BCUT2D eigenvalue weighted by Gasteiger charge is 2.04. The molecule has 0 bridgehead atoms. The van der Waals surface area contributed by atoms with Crippen molar-refractivity contribution in [3.63, 3.8) is 0 Å². The molecule has 94 valence electrons. The van der Waals surface area contributed by atoms with Crippen LogP contribution >= 0.6 is 0 Å². The zero-order valence-corrected chi connectivity index (χ0v) is 10.5. The third-order valence-electron chi connectivity index (χ3n) is 2.83. The second-order valence-electron chi connectivity index (χ2n) is 4.32. The third kappa shape index (κ3) is 2.68. The molecule has 0 aromatic heterocycles. The minimum Gasteiger partial charge on any atom is -0.457 e. The summed E-state index contributed by atoms with van der Waals surface area (Å²) in [6, 6.07) is 10.5. The Morgan fingerprint density at radius 2 is 1.83 bits per heavy atom. The smallest absolute Gasteiger partial charge is 0.130 e. The molecule has 0 aliphatic rings. The lowest BCUT2D eigenvalue weighted by atomic mass is 10.1. The van der Waals surface area contributed by atoms with E-state index in [-0.39, 0.29) is 5.82 Å². The van der Waals surface area contributed by atoms with E-state index in [1.807, 2.05) is 25.1 Å². The van der Waals surface area contributed by atoms with Gasteiger partial charge in [-0.25, -0.2) is 4.39 Å². The number of ether oxygens (including phenoxy) is 1. The fraction of sp³-hybridized carbons (Fsp3) is 0.200. The van der Waals surface area contributed by atoms with Crippen LogP contribution in [0.25, 0.3) is 0 Å². The van der Waals surface area contributed by atoms with Crippen molar-refractivity contribution in [1.29, 1.82) is 0 Å². The number of benzene rings is 2. The van der Waals surface area contributed by atoms with Gasteiger partial charge in [-0.1, -0.05) is 12.1 Å². The molecule has 2 rings (SSSR count). The molecule has 0 spiro atoms. The summed E-state index contributed by atoms with van der Waals surface area (Å²) in [4.78, 5) is 0. The van der Waals surface area contributed by atoms with Crippen LogP contribution in [-0.4, -0.2) is 0 Å². The van der Waals surface area contributed by atoms with Crippen LogP contribution in [0.4, 0.5) is 4.39 Å². The van der Waals surface area contributed by atoms with Crippen LogP contribution < -0.4 is 10.5 Å². The van der Waals surface area contributed by atoms with Crippen LogP contribution in [0, 0.1) is 19.7 Å². The third-order valence-corrected chi connectivity index (χ3v) is 2.83. The lowest BCUT2D eigenvalue weighted by molar-refractivity contribution is 0.476. The SMILES string of the molecule is Cc1cc(Oc2ccc(CN)cc2C)ccc1F. The van der Waals surface area contributed by atoms with Crippen molar-refractivity contribution in [1.82, 2.24) is 0 Å². The first kappa shape index (κ1) is 12.6. The summed E-state index contributed by atoms with van der Waals surface area (Å²) >= 11 is 0. The zero-order chi connectivity index (χ0) is 13.1. The van der Waals surface area contributed by atoms with E-state index in [9.17, 15) is 4.39 Å². The van der Waals surface area contributed by atoms with Crippen molar-refractivity contribution in [3.8, 4) is 11.5 Å². The monoisotopic (exact) mass is 245 g/mol. The van der Waals surface area contributed by atoms with E-state index in [1.165, 1.54) is 6.07 Å². The molecule has 0 saturated carbocycles. The van der Waals surface area contributed by atoms with Crippen LogP contribution in [-0.2, 0) is 6.54 Å². The van der Waals surface area contributed by atoms with Gasteiger partial charge >= 0.3 is 0 Å². The minimum atomic E-state index is -0.224. The van der Waals surface area contributed by atoms with Crippen molar-refractivity contribution in [3.05, 3.63) is 58.9 Å². The van der Waals surface area contributed by atoms with Crippen LogP contribution in [0.2, 0.25) is 0 Å². The molecular formula is C15H16FNO. The van der Waals surface area contributed by atoms with E-state index >= 15 is 0 Å². The lowest BCUT2D eigenvalue weighted by Gasteiger charge is -2.10. The van der Waals surface area contributed by atoms with Crippen LogP contribution in [0.5, 0.6) is 11.5 Å². The fourth-order valence-electron chi connectivity index (χ4n) is 1.76. The standard InChI is InChI=1S/C15H16FNO/c1-10-8-13(4-5-14(10)16)18-15-6-3-12(9-17)7-11(15)2/h3-8H,9,17H2,1-2H3. The summed E-state index contributed by atoms with van der Waals surface area (Å²) < 4.78 is 18.9. The maximum absolute atomic E-state index is 13.1. The van der Waals surface area contributed by atoms with Gasteiger partial charge < -0.3 is 10.5 Å². The molecule has 2 N–H and O–H groups in total. The average molecular weight is 245 g/mol. The highest BCUT2D eigenvalue weighted by atomic mass is 19.1. The van der Waals surface area contributed by atoms with Crippen molar-refractivity contribution in [2.24, 2.45) is 5.73 Å². The molecule has 2 aromatic carbocycles. The van der Waals surface area contributed by atoms with Crippen molar-refractivity contribution in [2.45, 2.75) is 20.4 Å². The zero-order valence-electron chi connectivity index (χ0n) is 10.5. The fourth-order valence-corrected chi connectivity index (χ4v) is 1.76. The number of hydrogen-bond acceptors (Lipinski definition) is 2. The minimum absolute atomic E-state index is 0.224. The molecule has 2 aromatic rings. The normalized spacial score (nSPS) is 10.4.